The van der Waals surface area contributed by atoms with Crippen LogP contribution in [0.1, 0.15) is 77.0 Å². The van der Waals surface area contributed by atoms with Crippen LogP contribution in [0.15, 0.2) is 0 Å². The number of hydrogen-bond acceptors (Lipinski definition) is 2. The number of urea groups is 1. The van der Waals surface area contributed by atoms with E-state index in [1.165, 1.54) is 38.5 Å². The lowest BCUT2D eigenvalue weighted by molar-refractivity contribution is -0.0543. The van der Waals surface area contributed by atoms with Gasteiger partial charge in [0.2, 0.25) is 0 Å². The van der Waals surface area contributed by atoms with E-state index in [-0.39, 0.29) is 23.1 Å². The lowest BCUT2D eigenvalue weighted by Crippen LogP contribution is -2.69. The summed E-state index contributed by atoms with van der Waals surface area (Å²) in [6.45, 7) is 0. The van der Waals surface area contributed by atoms with Crippen LogP contribution in [0.3, 0.4) is 0 Å². The molecule has 0 aromatic carbocycles. The van der Waals surface area contributed by atoms with Crippen LogP contribution in [0.4, 0.5) is 4.79 Å². The third-order valence-corrected chi connectivity index (χ3v) is 9.33. The standard InChI is InChI=1S/C22H34N4O/c23-19(24)26(22-10-16-4-17(11-22)6-18(5-16)12-22)20(27)25-21-7-13-1-14(8-21)3-15(2-13)9-21/h13-18H,1-12H2,(H3,23,24)(H,25,27). The van der Waals surface area contributed by atoms with Gasteiger partial charge in [-0.25, -0.2) is 4.79 Å². The van der Waals surface area contributed by atoms with E-state index in [0.717, 1.165) is 74.0 Å². The normalized spacial score (nSPS) is 51.4. The Balaban J connectivity index is 1.27. The minimum atomic E-state index is -0.174. The first-order chi connectivity index (χ1) is 12.9. The molecule has 8 aliphatic carbocycles. The number of amides is 2. The quantitative estimate of drug-likeness (QED) is 0.510. The number of nitrogens with one attached hydrogen (secondary N) is 2. The van der Waals surface area contributed by atoms with E-state index in [0.29, 0.717) is 0 Å². The average molecular weight is 371 g/mol. The molecule has 8 bridgehead atoms. The van der Waals surface area contributed by atoms with Gasteiger partial charge < -0.3 is 11.1 Å². The van der Waals surface area contributed by atoms with E-state index in [1.807, 2.05) is 0 Å². The van der Waals surface area contributed by atoms with Crippen molar-refractivity contribution in [1.82, 2.24) is 10.2 Å². The number of carbonyl (C=O) groups excluding carboxylic acids is 1. The van der Waals surface area contributed by atoms with Gasteiger partial charge in [0.1, 0.15) is 0 Å². The zero-order chi connectivity index (χ0) is 18.4. The number of hydrogen-bond donors (Lipinski definition) is 3. The van der Waals surface area contributed by atoms with Gasteiger partial charge in [-0.2, -0.15) is 0 Å². The maximum atomic E-state index is 13.6. The van der Waals surface area contributed by atoms with Crippen molar-refractivity contribution >= 4 is 12.0 Å². The molecule has 0 atom stereocenters. The summed E-state index contributed by atoms with van der Waals surface area (Å²) in [7, 11) is 0. The van der Waals surface area contributed by atoms with E-state index < -0.39 is 0 Å². The van der Waals surface area contributed by atoms with Gasteiger partial charge in [-0.1, -0.05) is 0 Å². The third-order valence-electron chi connectivity index (χ3n) is 9.33. The Morgan fingerprint density at radius 2 is 1.15 bits per heavy atom. The molecule has 8 rings (SSSR count). The largest absolute Gasteiger partial charge is 0.370 e. The fourth-order valence-electron chi connectivity index (χ4n) is 9.47. The Labute approximate surface area is 162 Å². The molecule has 148 valence electrons. The minimum absolute atomic E-state index is 0.0121. The first-order valence-electron chi connectivity index (χ1n) is 11.4. The topological polar surface area (TPSA) is 82.2 Å². The van der Waals surface area contributed by atoms with Crippen LogP contribution in [0.25, 0.3) is 0 Å². The minimum Gasteiger partial charge on any atom is -0.370 e. The highest BCUT2D eigenvalue weighted by molar-refractivity contribution is 5.95. The Morgan fingerprint density at radius 1 is 0.778 bits per heavy atom. The molecule has 2 amide bonds. The van der Waals surface area contributed by atoms with Crippen LogP contribution >= 0.6 is 0 Å². The maximum Gasteiger partial charge on any atom is 0.325 e. The molecule has 0 saturated heterocycles. The molecule has 27 heavy (non-hydrogen) atoms. The number of carbonyl (C=O) groups is 1. The van der Waals surface area contributed by atoms with Crippen LogP contribution in [-0.2, 0) is 0 Å². The zero-order valence-corrected chi connectivity index (χ0v) is 16.4. The zero-order valence-electron chi connectivity index (χ0n) is 16.4. The molecular formula is C22H34N4O. The molecule has 0 aromatic heterocycles. The second-order valence-corrected chi connectivity index (χ2v) is 11.5. The van der Waals surface area contributed by atoms with E-state index in [2.05, 4.69) is 5.32 Å². The van der Waals surface area contributed by atoms with Crippen molar-refractivity contribution in [2.75, 3.05) is 0 Å². The molecule has 0 aliphatic heterocycles. The van der Waals surface area contributed by atoms with Gasteiger partial charge in [0.25, 0.3) is 0 Å². The molecule has 5 nitrogen and oxygen atoms in total. The third kappa shape index (κ3) is 2.49. The highest BCUT2D eigenvalue weighted by atomic mass is 16.2. The number of rotatable bonds is 2. The van der Waals surface area contributed by atoms with Crippen LogP contribution in [-0.4, -0.2) is 28.0 Å². The summed E-state index contributed by atoms with van der Waals surface area (Å²) in [6.07, 6.45) is 14.8. The summed E-state index contributed by atoms with van der Waals surface area (Å²) in [5, 5.41) is 11.8. The van der Waals surface area contributed by atoms with Crippen LogP contribution in [0, 0.1) is 40.9 Å². The van der Waals surface area contributed by atoms with Gasteiger partial charge in [0.15, 0.2) is 5.96 Å². The van der Waals surface area contributed by atoms with Crippen molar-refractivity contribution in [3.8, 4) is 0 Å². The van der Waals surface area contributed by atoms with Gasteiger partial charge in [-0.05, 0) is 113 Å². The molecule has 8 aliphatic rings. The van der Waals surface area contributed by atoms with Crippen LogP contribution in [0.5, 0.6) is 0 Å². The van der Waals surface area contributed by atoms with E-state index >= 15 is 0 Å². The highest BCUT2D eigenvalue weighted by Gasteiger charge is 2.57. The summed E-state index contributed by atoms with van der Waals surface area (Å²) < 4.78 is 0. The molecule has 4 N–H and O–H groups in total. The summed E-state index contributed by atoms with van der Waals surface area (Å²) in [5.74, 6) is 4.62. The molecule has 5 heteroatoms. The molecule has 0 spiro atoms. The molecule has 0 aromatic rings. The van der Waals surface area contributed by atoms with E-state index in [9.17, 15) is 4.79 Å². The fraction of sp³-hybridized carbons (Fsp3) is 0.909. The van der Waals surface area contributed by atoms with Gasteiger partial charge in [-0.15, -0.1) is 0 Å². The Hall–Kier alpha value is -1.26. The summed E-state index contributed by atoms with van der Waals surface area (Å²) in [5.41, 5.74) is 5.89. The Bertz CT molecular complexity index is 615. The number of nitrogens with zero attached hydrogens (tertiary/aromatic N) is 1. The number of guanidine groups is 1. The monoisotopic (exact) mass is 370 g/mol. The van der Waals surface area contributed by atoms with Gasteiger partial charge >= 0.3 is 6.03 Å². The lowest BCUT2D eigenvalue weighted by Gasteiger charge is -2.61. The van der Waals surface area contributed by atoms with Crippen LogP contribution in [0.2, 0.25) is 0 Å². The van der Waals surface area contributed by atoms with Gasteiger partial charge in [-0.3, -0.25) is 10.3 Å². The van der Waals surface area contributed by atoms with Gasteiger partial charge in [0, 0.05) is 5.54 Å². The van der Waals surface area contributed by atoms with Crippen molar-refractivity contribution in [2.24, 2.45) is 41.2 Å². The summed E-state index contributed by atoms with van der Waals surface area (Å²) in [6, 6.07) is -0.0496. The van der Waals surface area contributed by atoms with Crippen molar-refractivity contribution in [2.45, 2.75) is 88.1 Å². The first-order valence-corrected chi connectivity index (χ1v) is 11.4. The maximum absolute atomic E-state index is 13.6. The lowest BCUT2D eigenvalue weighted by atomic mass is 9.52. The van der Waals surface area contributed by atoms with Crippen molar-refractivity contribution in [1.29, 1.82) is 5.41 Å². The Kier molecular flexibility index (Phi) is 3.34. The first kappa shape index (κ1) is 16.7. The van der Waals surface area contributed by atoms with Crippen molar-refractivity contribution in [3.63, 3.8) is 0 Å². The molecule has 8 fully saturated rings. The molecular weight excluding hydrogens is 336 g/mol. The predicted molar refractivity (Wildman–Crippen MR) is 104 cm³/mol. The Morgan fingerprint density at radius 3 is 1.52 bits per heavy atom. The summed E-state index contributed by atoms with van der Waals surface area (Å²) in [4.78, 5) is 15.3. The fourth-order valence-corrected chi connectivity index (χ4v) is 9.47. The second kappa shape index (κ2) is 5.42. The van der Waals surface area contributed by atoms with Gasteiger partial charge in [0.05, 0.1) is 5.54 Å². The second-order valence-electron chi connectivity index (χ2n) is 11.5. The number of nitrogens with two attached hydrogens (primary N) is 1. The van der Waals surface area contributed by atoms with E-state index in [1.54, 1.807) is 4.90 Å². The van der Waals surface area contributed by atoms with E-state index in [4.69, 9.17) is 11.1 Å². The highest BCUT2D eigenvalue weighted by Crippen LogP contribution is 2.59. The van der Waals surface area contributed by atoms with Crippen LogP contribution < -0.4 is 11.1 Å². The summed E-state index contributed by atoms with van der Waals surface area (Å²) >= 11 is 0. The predicted octanol–water partition coefficient (Wildman–Crippen LogP) is 3.83. The smallest absolute Gasteiger partial charge is 0.325 e. The molecule has 0 unspecified atom stereocenters. The molecule has 8 saturated carbocycles. The molecule has 0 radical (unpaired) electrons. The SMILES string of the molecule is N=C(N)N(C(=O)NC12CC3CC(CC(C3)C1)C2)C12CC3CC(CC(C3)C1)C2. The van der Waals surface area contributed by atoms with Crippen molar-refractivity contribution in [3.05, 3.63) is 0 Å². The molecule has 0 heterocycles. The van der Waals surface area contributed by atoms with Crippen molar-refractivity contribution < 1.29 is 4.79 Å². The average Bonchev–Trinajstić information content (AvgIpc) is 2.50.